The van der Waals surface area contributed by atoms with Crippen molar-refractivity contribution in [1.29, 1.82) is 0 Å². The van der Waals surface area contributed by atoms with Crippen LogP contribution in [0.25, 0.3) is 33.3 Å². The van der Waals surface area contributed by atoms with E-state index in [1.807, 2.05) is 45.0 Å². The quantitative estimate of drug-likeness (QED) is 0.127. The Morgan fingerprint density at radius 3 is 2.41 bits per heavy atom. The van der Waals surface area contributed by atoms with Crippen LogP contribution in [-0.4, -0.2) is 112 Å². The number of carbonyl (C=O) groups excluding carboxylic acids is 5. The van der Waals surface area contributed by atoms with Gasteiger partial charge in [0.15, 0.2) is 0 Å². The molecule has 7 rings (SSSR count). The highest BCUT2D eigenvalue weighted by Crippen LogP contribution is 2.42. The van der Waals surface area contributed by atoms with Crippen LogP contribution >= 0.6 is 67.5 Å². The van der Waals surface area contributed by atoms with Crippen molar-refractivity contribution in [3.05, 3.63) is 90.0 Å². The summed E-state index contributed by atoms with van der Waals surface area (Å²) in [5, 5.41) is 5.26. The van der Waals surface area contributed by atoms with E-state index in [0.29, 0.717) is 49.9 Å². The van der Waals surface area contributed by atoms with Gasteiger partial charge in [-0.2, -0.15) is 67.5 Å². The zero-order valence-electron chi connectivity index (χ0n) is 42.0. The van der Waals surface area contributed by atoms with Crippen LogP contribution in [0.5, 0.6) is 0 Å². The topological polar surface area (TPSA) is 155 Å². The molecule has 392 valence electrons. The van der Waals surface area contributed by atoms with Crippen molar-refractivity contribution in [3.63, 3.8) is 0 Å². The molecule has 4 aromatic rings. The number of benzene rings is 2. The highest BCUT2D eigenvalue weighted by atomic mass is 32.1. The number of aryl methyl sites for hydroxylation is 1. The minimum absolute atomic E-state index is 0. The normalized spacial score (nSPS) is 19.5. The number of rotatable bonds is 10. The number of methoxy groups -OCH3 is 1. The van der Waals surface area contributed by atoms with Gasteiger partial charge < -0.3 is 29.2 Å². The molecule has 5 atom stereocenters. The van der Waals surface area contributed by atoms with Crippen LogP contribution in [0.15, 0.2) is 67.4 Å². The van der Waals surface area contributed by atoms with E-state index in [2.05, 4.69) is 54.8 Å². The number of hydrazine groups is 1. The van der Waals surface area contributed by atoms with Crippen LogP contribution < -0.4 is 10.7 Å². The number of esters is 1. The van der Waals surface area contributed by atoms with Crippen LogP contribution in [0.2, 0.25) is 0 Å². The van der Waals surface area contributed by atoms with Crippen molar-refractivity contribution in [3.8, 4) is 22.4 Å². The van der Waals surface area contributed by atoms with Crippen molar-refractivity contribution >= 4 is 108 Å². The van der Waals surface area contributed by atoms with Gasteiger partial charge in [0.05, 0.1) is 30.0 Å². The first-order valence-corrected chi connectivity index (χ1v) is 23.1. The van der Waals surface area contributed by atoms with Crippen molar-refractivity contribution in [2.45, 2.75) is 104 Å². The van der Waals surface area contributed by atoms with Gasteiger partial charge >= 0.3 is 5.97 Å². The number of ether oxygens (including phenoxy) is 2. The van der Waals surface area contributed by atoms with E-state index in [1.54, 1.807) is 25.3 Å². The first kappa shape index (κ1) is 62.9. The van der Waals surface area contributed by atoms with Gasteiger partial charge in [-0.05, 0) is 110 Å². The van der Waals surface area contributed by atoms with E-state index in [4.69, 9.17) is 14.5 Å². The lowest BCUT2D eigenvalue weighted by atomic mass is 9.84. The Morgan fingerprint density at radius 1 is 1.03 bits per heavy atom. The number of hydrogen-bond donors (Lipinski definition) is 2. The highest BCUT2D eigenvalue weighted by Gasteiger charge is 2.40. The maximum Gasteiger partial charge on any atom is 0.324 e. The first-order chi connectivity index (χ1) is 31.4. The van der Waals surface area contributed by atoms with E-state index in [1.165, 1.54) is 28.1 Å². The largest absolute Gasteiger partial charge is 0.464 e. The van der Waals surface area contributed by atoms with Gasteiger partial charge in [-0.1, -0.05) is 46.4 Å². The number of nitrogens with zero attached hydrogens (tertiary/aromatic N) is 5. The number of halogens is 1. The van der Waals surface area contributed by atoms with E-state index in [9.17, 15) is 24.0 Å². The molecular formula is C51H74FN7O7S5. The maximum atomic E-state index is 16.0. The van der Waals surface area contributed by atoms with Crippen molar-refractivity contribution in [1.82, 2.24) is 35.1 Å². The second-order valence-electron chi connectivity index (χ2n) is 19.1. The van der Waals surface area contributed by atoms with Crippen molar-refractivity contribution < 1.29 is 37.8 Å². The fourth-order valence-corrected chi connectivity index (χ4v) is 9.94. The number of cyclic esters (lactones) is 1. The molecule has 2 aromatic heterocycles. The number of hydrogen-bond acceptors (Lipinski definition) is 9. The lowest BCUT2D eigenvalue weighted by Gasteiger charge is -2.37. The third kappa shape index (κ3) is 13.7. The molecule has 3 aliphatic heterocycles. The number of carbonyl (C=O) groups is 5. The summed E-state index contributed by atoms with van der Waals surface area (Å²) < 4.78 is 30.1. The Kier molecular flexibility index (Phi) is 23.6. The number of fused-ring (bicyclic) bond motifs is 6. The monoisotopic (exact) mass is 1080 g/mol. The van der Waals surface area contributed by atoms with Gasteiger partial charge in [0, 0.05) is 74.8 Å². The summed E-state index contributed by atoms with van der Waals surface area (Å²) in [6.07, 6.45) is 4.46. The van der Waals surface area contributed by atoms with Gasteiger partial charge in [0.25, 0.3) is 5.91 Å². The van der Waals surface area contributed by atoms with Gasteiger partial charge in [-0.25, -0.2) is 9.82 Å². The van der Waals surface area contributed by atoms with E-state index >= 15 is 4.39 Å². The number of aromatic nitrogens is 2. The minimum Gasteiger partial charge on any atom is -0.464 e. The van der Waals surface area contributed by atoms with Gasteiger partial charge in [0.2, 0.25) is 17.7 Å². The fraction of sp³-hybridized carbons (Fsp3) is 0.490. The molecule has 0 spiro atoms. The molecule has 5 heterocycles. The summed E-state index contributed by atoms with van der Waals surface area (Å²) in [7, 11) is 3.22. The first-order valence-electron chi connectivity index (χ1n) is 23.1. The molecule has 14 nitrogen and oxygen atoms in total. The predicted octanol–water partition coefficient (Wildman–Crippen LogP) is 6.97. The summed E-state index contributed by atoms with van der Waals surface area (Å²) in [6, 6.07) is 11.7. The Hall–Kier alpha value is -4.18. The Balaban J connectivity index is 0.00000346. The molecule has 20 heteroatoms. The molecule has 71 heavy (non-hydrogen) atoms. The lowest BCUT2D eigenvalue weighted by molar-refractivity contribution is -0.155. The Morgan fingerprint density at radius 2 is 1.75 bits per heavy atom. The second kappa shape index (κ2) is 26.7. The number of likely N-dealkylation sites (N-methyl/N-ethyl adjacent to an activating group) is 1. The second-order valence-corrected chi connectivity index (χ2v) is 19.1. The average Bonchev–Trinajstić information content (AvgIpc) is 3.92. The Bertz CT molecular complexity index is 2540. The molecular weight excluding hydrogens is 1000 g/mol. The van der Waals surface area contributed by atoms with Crippen LogP contribution in [-0.2, 0) is 52.8 Å². The molecule has 0 aliphatic carbocycles. The standard InChI is InChI=1S/C51H64FN7O7.5H2S/c1-10-43(60)57-21-18-34(28-57)48(62)56(8)45(30(3)4)47(61)54-41-24-32-22-35(25-36(52)23-32)33-16-17-42-38(26-33)39(46(58(42)11-2)37-14-12-19-53-44(37)31(5)65-9)27-51(6,7)29-66-50(64)40-15-13-20-59(55-40)49(41)63;;;;;/h10,12,14,16-17,19,22-23,25-26,30-31,34,40-41,45,55H,1,11,13,15,18,20-21,24,27-29H2,2-9H3,(H,54,61);5*1H2/t31-,34-,40-,41-,45-;;;;;/m0...../s1. The van der Waals surface area contributed by atoms with Gasteiger partial charge in [0.1, 0.15) is 23.9 Å². The van der Waals surface area contributed by atoms with Crippen LogP contribution in [0, 0.1) is 23.1 Å². The molecule has 0 unspecified atom stereocenters. The van der Waals surface area contributed by atoms with E-state index in [-0.39, 0.29) is 117 Å². The summed E-state index contributed by atoms with van der Waals surface area (Å²) in [4.78, 5) is 77.0. The van der Waals surface area contributed by atoms with Crippen molar-refractivity contribution in [2.75, 3.05) is 40.4 Å². The molecule has 2 fully saturated rings. The molecule has 4 amide bonds. The van der Waals surface area contributed by atoms with Crippen LogP contribution in [0.4, 0.5) is 4.39 Å². The number of pyridine rings is 1. The van der Waals surface area contributed by atoms with Crippen LogP contribution in [0.3, 0.4) is 0 Å². The lowest BCUT2D eigenvalue weighted by Crippen LogP contribution is -2.62. The molecule has 6 bridgehead atoms. The fourth-order valence-electron chi connectivity index (χ4n) is 9.94. The van der Waals surface area contributed by atoms with Crippen LogP contribution in [0.1, 0.15) is 83.7 Å². The number of amides is 4. The van der Waals surface area contributed by atoms with E-state index < -0.39 is 53.1 Å². The van der Waals surface area contributed by atoms with E-state index in [0.717, 1.165) is 39.0 Å². The number of likely N-dealkylation sites (tertiary alicyclic amines) is 1. The molecule has 0 saturated carbocycles. The van der Waals surface area contributed by atoms with Crippen molar-refractivity contribution in [2.24, 2.45) is 17.3 Å². The molecule has 0 radical (unpaired) electrons. The molecule has 2 aromatic carbocycles. The zero-order chi connectivity index (χ0) is 47.6. The molecule has 2 saturated heterocycles. The molecule has 3 aliphatic rings. The number of nitrogens with one attached hydrogen (secondary N) is 2. The summed E-state index contributed by atoms with van der Waals surface area (Å²) >= 11 is 0. The SMILES string of the molecule is C=CC(=O)N1CC[C@H](C(=O)N(C)[C@H](C(=O)N[C@H]2Cc3cc(F)cc(c3)-c3ccc4c(c3)c(c(-c3cccnc3[C@H](C)OC)n4CC)CC(C)(C)COC(=O)[C@@H]3CCCN(N3)C2=O)C(C)C)C1.S.S.S.S.S. The summed E-state index contributed by atoms with van der Waals surface area (Å²) in [6.45, 7) is 17.0. The molecule has 2 N–H and O–H groups in total. The van der Waals surface area contributed by atoms with Gasteiger partial charge in [-0.15, -0.1) is 0 Å². The zero-order valence-corrected chi connectivity index (χ0v) is 47.0. The Labute approximate surface area is 452 Å². The van der Waals surface area contributed by atoms with Gasteiger partial charge in [-0.3, -0.25) is 34.0 Å². The highest BCUT2D eigenvalue weighted by molar-refractivity contribution is 7.60. The summed E-state index contributed by atoms with van der Waals surface area (Å²) in [5.41, 5.74) is 9.02. The predicted molar refractivity (Wildman–Crippen MR) is 302 cm³/mol. The third-order valence-corrected chi connectivity index (χ3v) is 13.3. The minimum atomic E-state index is -1.22. The smallest absolute Gasteiger partial charge is 0.324 e. The average molecular weight is 1080 g/mol. The maximum absolute atomic E-state index is 16.0. The summed E-state index contributed by atoms with van der Waals surface area (Å²) in [5.74, 6) is -3.51. The third-order valence-electron chi connectivity index (χ3n) is 13.3.